The van der Waals surface area contributed by atoms with E-state index >= 15 is 0 Å². The third kappa shape index (κ3) is 2.46. The molecule has 1 aromatic rings. The van der Waals surface area contributed by atoms with Crippen LogP contribution >= 0.6 is 11.6 Å². The zero-order valence-corrected chi connectivity index (χ0v) is 12.7. The van der Waals surface area contributed by atoms with E-state index in [0.717, 1.165) is 6.42 Å². The predicted octanol–water partition coefficient (Wildman–Crippen LogP) is 2.81. The highest BCUT2D eigenvalue weighted by atomic mass is 35.5. The molecule has 116 valence electrons. The van der Waals surface area contributed by atoms with Crippen LogP contribution in [0.3, 0.4) is 0 Å². The van der Waals surface area contributed by atoms with Crippen molar-refractivity contribution in [1.29, 1.82) is 0 Å². The van der Waals surface area contributed by atoms with E-state index in [0.29, 0.717) is 16.5 Å². The molecule has 3 rings (SSSR count). The number of methoxy groups -OCH3 is 1. The average molecular weight is 322 g/mol. The van der Waals surface area contributed by atoms with Crippen molar-refractivity contribution >= 4 is 29.2 Å². The quantitative estimate of drug-likeness (QED) is 0.836. The van der Waals surface area contributed by atoms with Gasteiger partial charge in [-0.25, -0.2) is 0 Å². The van der Waals surface area contributed by atoms with Crippen LogP contribution in [0, 0.1) is 23.7 Å². The molecule has 1 aromatic carbocycles. The minimum Gasteiger partial charge on any atom is -0.495 e. The summed E-state index contributed by atoms with van der Waals surface area (Å²) in [6.45, 7) is 0. The Morgan fingerprint density at radius 2 is 1.95 bits per heavy atom. The summed E-state index contributed by atoms with van der Waals surface area (Å²) in [6.07, 6.45) is 4.60. The van der Waals surface area contributed by atoms with Gasteiger partial charge in [-0.2, -0.15) is 0 Å². The van der Waals surface area contributed by atoms with Gasteiger partial charge in [-0.1, -0.05) is 23.8 Å². The number of carboxylic acids is 1. The first kappa shape index (κ1) is 14.9. The van der Waals surface area contributed by atoms with Crippen molar-refractivity contribution in [3.63, 3.8) is 0 Å². The van der Waals surface area contributed by atoms with Crippen LogP contribution in [0.15, 0.2) is 30.4 Å². The fourth-order valence-corrected chi connectivity index (χ4v) is 3.74. The van der Waals surface area contributed by atoms with E-state index in [1.165, 1.54) is 7.11 Å². The molecule has 1 fully saturated rings. The number of carboxylic acid groups (broad SMARTS) is 1. The molecule has 0 aliphatic heterocycles. The van der Waals surface area contributed by atoms with Crippen molar-refractivity contribution < 1.29 is 19.4 Å². The number of anilines is 1. The Morgan fingerprint density at radius 3 is 2.55 bits per heavy atom. The van der Waals surface area contributed by atoms with Gasteiger partial charge in [0.05, 0.1) is 24.0 Å². The number of allylic oxidation sites excluding steroid dienone is 2. The average Bonchev–Trinajstić information content (AvgIpc) is 3.07. The Labute approximate surface area is 132 Å². The van der Waals surface area contributed by atoms with Crippen LogP contribution in [0.1, 0.15) is 6.42 Å². The number of ether oxygens (including phenoxy) is 1. The number of fused-ring (bicyclic) bond motifs is 2. The first-order chi connectivity index (χ1) is 10.5. The van der Waals surface area contributed by atoms with Crippen LogP contribution in [-0.4, -0.2) is 24.1 Å². The lowest BCUT2D eigenvalue weighted by atomic mass is 9.82. The second-order valence-corrected chi connectivity index (χ2v) is 6.08. The van der Waals surface area contributed by atoms with Gasteiger partial charge in [0.1, 0.15) is 5.75 Å². The van der Waals surface area contributed by atoms with E-state index in [4.69, 9.17) is 16.3 Å². The Hall–Kier alpha value is -2.01. The molecule has 2 aliphatic rings. The summed E-state index contributed by atoms with van der Waals surface area (Å²) in [4.78, 5) is 23.9. The summed E-state index contributed by atoms with van der Waals surface area (Å²) in [5.41, 5.74) is 0.534. The molecule has 0 heterocycles. The number of carbonyl (C=O) groups is 2. The summed E-state index contributed by atoms with van der Waals surface area (Å²) in [5.74, 6) is -1.89. The topological polar surface area (TPSA) is 75.6 Å². The first-order valence-electron chi connectivity index (χ1n) is 7.07. The normalized spacial score (nSPS) is 28.6. The first-order valence-corrected chi connectivity index (χ1v) is 7.44. The lowest BCUT2D eigenvalue weighted by Crippen LogP contribution is -2.36. The molecule has 6 heteroatoms. The number of nitrogens with one attached hydrogen (secondary N) is 1. The third-order valence-corrected chi connectivity index (χ3v) is 4.76. The van der Waals surface area contributed by atoms with Crippen molar-refractivity contribution in [2.24, 2.45) is 23.7 Å². The van der Waals surface area contributed by atoms with Gasteiger partial charge >= 0.3 is 5.97 Å². The zero-order chi connectivity index (χ0) is 15.9. The highest BCUT2D eigenvalue weighted by molar-refractivity contribution is 6.32. The summed E-state index contributed by atoms with van der Waals surface area (Å²) < 4.78 is 5.06. The lowest BCUT2D eigenvalue weighted by molar-refractivity contribution is -0.146. The molecule has 0 aromatic heterocycles. The van der Waals surface area contributed by atoms with Gasteiger partial charge in [0.2, 0.25) is 5.91 Å². The van der Waals surface area contributed by atoms with Gasteiger partial charge in [-0.3, -0.25) is 9.59 Å². The zero-order valence-electron chi connectivity index (χ0n) is 12.0. The maximum Gasteiger partial charge on any atom is 0.307 e. The monoisotopic (exact) mass is 321 g/mol. The van der Waals surface area contributed by atoms with Crippen LogP contribution in [-0.2, 0) is 9.59 Å². The van der Waals surface area contributed by atoms with Crippen LogP contribution in [0.2, 0.25) is 5.02 Å². The highest BCUT2D eigenvalue weighted by Crippen LogP contribution is 2.48. The van der Waals surface area contributed by atoms with Crippen LogP contribution in [0.5, 0.6) is 5.75 Å². The van der Waals surface area contributed by atoms with Gasteiger partial charge in [0.25, 0.3) is 0 Å². The number of aliphatic carboxylic acids is 1. The number of halogens is 1. The third-order valence-electron chi connectivity index (χ3n) is 4.47. The SMILES string of the molecule is COc1ccc(NC(=O)[C@H]2[C@@H](C(=O)O)[C@H]3C=C[C@@H]2C3)cc1Cl. The Balaban J connectivity index is 1.78. The molecule has 0 saturated heterocycles. The summed E-state index contributed by atoms with van der Waals surface area (Å²) in [7, 11) is 1.51. The van der Waals surface area contributed by atoms with Gasteiger partial charge in [-0.15, -0.1) is 0 Å². The number of hydrogen-bond acceptors (Lipinski definition) is 3. The van der Waals surface area contributed by atoms with E-state index in [1.54, 1.807) is 18.2 Å². The highest BCUT2D eigenvalue weighted by Gasteiger charge is 2.51. The molecule has 0 spiro atoms. The molecule has 1 saturated carbocycles. The second-order valence-electron chi connectivity index (χ2n) is 5.68. The molecule has 5 nitrogen and oxygen atoms in total. The van der Waals surface area contributed by atoms with E-state index in [-0.39, 0.29) is 17.7 Å². The van der Waals surface area contributed by atoms with E-state index in [2.05, 4.69) is 5.32 Å². The molecule has 4 atom stereocenters. The minimum absolute atomic E-state index is 0.000166. The molecule has 22 heavy (non-hydrogen) atoms. The van der Waals surface area contributed by atoms with E-state index in [9.17, 15) is 14.7 Å². The van der Waals surface area contributed by atoms with Crippen molar-refractivity contribution in [3.8, 4) is 5.75 Å². The largest absolute Gasteiger partial charge is 0.495 e. The molecule has 0 unspecified atom stereocenters. The Kier molecular flexibility index (Phi) is 3.83. The maximum atomic E-state index is 12.5. The summed E-state index contributed by atoms with van der Waals surface area (Å²) in [5, 5.41) is 12.5. The smallest absolute Gasteiger partial charge is 0.307 e. The minimum atomic E-state index is -0.912. The fraction of sp³-hybridized carbons (Fsp3) is 0.375. The Bertz CT molecular complexity index is 658. The van der Waals surface area contributed by atoms with Gasteiger partial charge < -0.3 is 15.2 Å². The van der Waals surface area contributed by atoms with Gasteiger partial charge in [0, 0.05) is 5.69 Å². The Morgan fingerprint density at radius 1 is 1.27 bits per heavy atom. The molecular weight excluding hydrogens is 306 g/mol. The van der Waals surface area contributed by atoms with Crippen LogP contribution < -0.4 is 10.1 Å². The predicted molar refractivity (Wildman–Crippen MR) is 82.0 cm³/mol. The second kappa shape index (κ2) is 5.65. The van der Waals surface area contributed by atoms with Gasteiger partial charge in [-0.05, 0) is 36.5 Å². The standard InChI is InChI=1S/C16H16ClNO4/c1-22-12-5-4-10(7-11(12)17)18-15(19)13-8-2-3-9(6-8)14(13)16(20)21/h2-5,7-9,13-14H,6H2,1H3,(H,18,19)(H,20,21)/t8-,9+,13-,14+/m1/s1. The molecule has 2 bridgehead atoms. The molecule has 2 N–H and O–H groups in total. The van der Waals surface area contributed by atoms with E-state index < -0.39 is 17.8 Å². The number of carbonyl (C=O) groups excluding carboxylic acids is 1. The van der Waals surface area contributed by atoms with Gasteiger partial charge in [0.15, 0.2) is 0 Å². The van der Waals surface area contributed by atoms with Crippen molar-refractivity contribution in [3.05, 3.63) is 35.4 Å². The summed E-state index contributed by atoms with van der Waals surface area (Å²) in [6, 6.07) is 4.94. The number of hydrogen-bond donors (Lipinski definition) is 2. The van der Waals surface area contributed by atoms with Crippen LogP contribution in [0.4, 0.5) is 5.69 Å². The van der Waals surface area contributed by atoms with Crippen molar-refractivity contribution in [2.45, 2.75) is 6.42 Å². The van der Waals surface area contributed by atoms with Crippen LogP contribution in [0.25, 0.3) is 0 Å². The maximum absolute atomic E-state index is 12.5. The number of amides is 1. The molecule has 1 amide bonds. The van der Waals surface area contributed by atoms with Crippen molar-refractivity contribution in [2.75, 3.05) is 12.4 Å². The number of rotatable bonds is 4. The van der Waals surface area contributed by atoms with Crippen molar-refractivity contribution in [1.82, 2.24) is 0 Å². The fourth-order valence-electron chi connectivity index (χ4n) is 3.49. The summed E-state index contributed by atoms with van der Waals surface area (Å²) >= 11 is 6.03. The number of benzene rings is 1. The molecule has 2 aliphatic carbocycles. The lowest BCUT2D eigenvalue weighted by Gasteiger charge is -2.24. The van der Waals surface area contributed by atoms with E-state index in [1.807, 2.05) is 12.2 Å². The molecular formula is C16H16ClNO4. The molecule has 0 radical (unpaired) electrons.